The molecule has 6 nitrogen and oxygen atoms in total. The van der Waals surface area contributed by atoms with Gasteiger partial charge >= 0.3 is 6.03 Å². The lowest BCUT2D eigenvalue weighted by Gasteiger charge is -2.14. The Morgan fingerprint density at radius 1 is 1.56 bits per heavy atom. The molecule has 3 amide bonds. The molecule has 1 aliphatic rings. The first-order valence-electron chi connectivity index (χ1n) is 5.51. The van der Waals surface area contributed by atoms with Crippen LogP contribution in [-0.2, 0) is 9.53 Å². The van der Waals surface area contributed by atoms with Gasteiger partial charge in [0, 0.05) is 13.2 Å². The van der Waals surface area contributed by atoms with E-state index in [0.717, 1.165) is 32.6 Å². The van der Waals surface area contributed by atoms with Gasteiger partial charge in [-0.15, -0.1) is 0 Å². The van der Waals surface area contributed by atoms with E-state index in [9.17, 15) is 9.59 Å². The summed E-state index contributed by atoms with van der Waals surface area (Å²) in [5.41, 5.74) is 4.84. The summed E-state index contributed by atoms with van der Waals surface area (Å²) in [6.45, 7) is 4.08. The minimum atomic E-state index is -0.817. The number of nitrogens with two attached hydrogens (primary N) is 1. The van der Waals surface area contributed by atoms with Gasteiger partial charge in [-0.05, 0) is 32.2 Å². The fourth-order valence-corrected chi connectivity index (χ4v) is 1.64. The van der Waals surface area contributed by atoms with E-state index < -0.39 is 18.0 Å². The van der Waals surface area contributed by atoms with Crippen LogP contribution < -0.4 is 16.4 Å². The molecule has 1 aliphatic heterocycles. The maximum Gasteiger partial charge on any atom is 0.318 e. The molecule has 1 heterocycles. The molecular weight excluding hydrogens is 210 g/mol. The van der Waals surface area contributed by atoms with Crippen LogP contribution in [0.4, 0.5) is 4.79 Å². The van der Waals surface area contributed by atoms with Gasteiger partial charge in [-0.2, -0.15) is 0 Å². The van der Waals surface area contributed by atoms with Gasteiger partial charge in [-0.25, -0.2) is 4.79 Å². The molecule has 16 heavy (non-hydrogen) atoms. The number of carbonyl (C=O) groups is 2. The van der Waals surface area contributed by atoms with Crippen LogP contribution in [0.1, 0.15) is 19.8 Å². The zero-order chi connectivity index (χ0) is 12.0. The van der Waals surface area contributed by atoms with Crippen molar-refractivity contribution in [2.24, 2.45) is 11.7 Å². The lowest BCUT2D eigenvalue weighted by molar-refractivity contribution is -0.121. The van der Waals surface area contributed by atoms with Crippen molar-refractivity contribution in [1.29, 1.82) is 0 Å². The summed E-state index contributed by atoms with van der Waals surface area (Å²) in [4.78, 5) is 21.7. The Morgan fingerprint density at radius 3 is 2.88 bits per heavy atom. The Kier molecular flexibility index (Phi) is 5.21. The molecule has 92 valence electrons. The molecule has 0 aromatic carbocycles. The second kappa shape index (κ2) is 6.44. The second-order valence-corrected chi connectivity index (χ2v) is 4.05. The Balaban J connectivity index is 2.11. The second-order valence-electron chi connectivity index (χ2n) is 4.05. The lowest BCUT2D eigenvalue weighted by atomic mass is 10.1. The van der Waals surface area contributed by atoms with Crippen LogP contribution in [0, 0.1) is 5.92 Å². The molecule has 0 aromatic heterocycles. The number of ether oxygens (including phenoxy) is 1. The smallest absolute Gasteiger partial charge is 0.318 e. The van der Waals surface area contributed by atoms with E-state index in [4.69, 9.17) is 10.5 Å². The van der Waals surface area contributed by atoms with Gasteiger partial charge in [0.2, 0.25) is 5.91 Å². The molecule has 1 saturated heterocycles. The van der Waals surface area contributed by atoms with E-state index in [1.165, 1.54) is 0 Å². The number of rotatable bonds is 5. The summed E-state index contributed by atoms with van der Waals surface area (Å²) in [5.74, 6) is 0.189. The first-order valence-corrected chi connectivity index (χ1v) is 5.51. The highest BCUT2D eigenvalue weighted by molar-refractivity contribution is 5.96. The molecule has 0 spiro atoms. The van der Waals surface area contributed by atoms with Gasteiger partial charge in [-0.1, -0.05) is 0 Å². The van der Waals surface area contributed by atoms with E-state index in [1.54, 1.807) is 6.92 Å². The molecular formula is C10H19N3O3. The highest BCUT2D eigenvalue weighted by Gasteiger charge is 2.17. The van der Waals surface area contributed by atoms with E-state index in [2.05, 4.69) is 5.32 Å². The molecule has 0 radical (unpaired) electrons. The minimum absolute atomic E-state index is 0.393. The molecule has 1 fully saturated rings. The summed E-state index contributed by atoms with van der Waals surface area (Å²) in [6.07, 6.45) is 2.07. The molecule has 0 aromatic rings. The third kappa shape index (κ3) is 4.59. The van der Waals surface area contributed by atoms with Crippen LogP contribution in [0.15, 0.2) is 0 Å². The van der Waals surface area contributed by atoms with Crippen LogP contribution in [0.25, 0.3) is 0 Å². The number of nitrogens with one attached hydrogen (secondary N) is 2. The molecule has 6 heteroatoms. The average Bonchev–Trinajstić information content (AvgIpc) is 2.69. The van der Waals surface area contributed by atoms with Crippen molar-refractivity contribution in [1.82, 2.24) is 10.6 Å². The Bertz CT molecular complexity index is 252. The van der Waals surface area contributed by atoms with Crippen LogP contribution in [0.3, 0.4) is 0 Å². The van der Waals surface area contributed by atoms with Gasteiger partial charge in [0.05, 0.1) is 6.04 Å². The predicted molar refractivity (Wildman–Crippen MR) is 58.7 cm³/mol. The van der Waals surface area contributed by atoms with Crippen LogP contribution in [0.2, 0.25) is 0 Å². The van der Waals surface area contributed by atoms with Crippen LogP contribution in [-0.4, -0.2) is 37.7 Å². The summed E-state index contributed by atoms with van der Waals surface area (Å²) in [6, 6.07) is -1.22. The number of amides is 3. The molecule has 0 aliphatic carbocycles. The zero-order valence-electron chi connectivity index (χ0n) is 9.49. The molecule has 0 bridgehead atoms. The Labute approximate surface area is 94.9 Å². The van der Waals surface area contributed by atoms with Gasteiger partial charge in [0.15, 0.2) is 0 Å². The van der Waals surface area contributed by atoms with E-state index in [-0.39, 0.29) is 0 Å². The van der Waals surface area contributed by atoms with Crippen molar-refractivity contribution in [3.63, 3.8) is 0 Å². The lowest BCUT2D eigenvalue weighted by Crippen LogP contribution is -2.46. The SMILES string of the molecule is CC(NCCC1CCOC1)C(=O)NC(N)=O. The molecule has 2 unspecified atom stereocenters. The summed E-state index contributed by atoms with van der Waals surface area (Å²) < 4.78 is 5.25. The predicted octanol–water partition coefficient (Wildman–Crippen LogP) is -0.414. The fraction of sp³-hybridized carbons (Fsp3) is 0.800. The van der Waals surface area contributed by atoms with Gasteiger partial charge in [0.25, 0.3) is 0 Å². The summed E-state index contributed by atoms with van der Waals surface area (Å²) in [5, 5.41) is 5.07. The largest absolute Gasteiger partial charge is 0.381 e. The third-order valence-corrected chi connectivity index (χ3v) is 2.67. The van der Waals surface area contributed by atoms with Crippen LogP contribution in [0.5, 0.6) is 0 Å². The third-order valence-electron chi connectivity index (χ3n) is 2.67. The Morgan fingerprint density at radius 2 is 2.31 bits per heavy atom. The fourth-order valence-electron chi connectivity index (χ4n) is 1.64. The van der Waals surface area contributed by atoms with Crippen molar-refractivity contribution in [2.45, 2.75) is 25.8 Å². The van der Waals surface area contributed by atoms with Gasteiger partial charge in [0.1, 0.15) is 0 Å². The molecule has 2 atom stereocenters. The maximum absolute atomic E-state index is 11.3. The standard InChI is InChI=1S/C10H19N3O3/c1-7(9(14)13-10(11)15)12-4-2-8-3-5-16-6-8/h7-8,12H,2-6H2,1H3,(H3,11,13,14,15). The number of primary amides is 1. The van der Waals surface area contributed by atoms with E-state index >= 15 is 0 Å². The van der Waals surface area contributed by atoms with Crippen LogP contribution >= 0.6 is 0 Å². The molecule has 0 saturated carbocycles. The van der Waals surface area contributed by atoms with Gasteiger partial charge in [-0.3, -0.25) is 10.1 Å². The highest BCUT2D eigenvalue weighted by Crippen LogP contribution is 2.15. The normalized spacial score (nSPS) is 21.7. The number of carbonyl (C=O) groups excluding carboxylic acids is 2. The average molecular weight is 229 g/mol. The van der Waals surface area contributed by atoms with Crippen molar-refractivity contribution >= 4 is 11.9 Å². The van der Waals surface area contributed by atoms with Crippen molar-refractivity contribution in [3.05, 3.63) is 0 Å². The molecule has 4 N–H and O–H groups in total. The van der Waals surface area contributed by atoms with Crippen molar-refractivity contribution in [3.8, 4) is 0 Å². The first-order chi connectivity index (χ1) is 7.59. The molecule has 1 rings (SSSR count). The van der Waals surface area contributed by atoms with Crippen molar-refractivity contribution in [2.75, 3.05) is 19.8 Å². The zero-order valence-corrected chi connectivity index (χ0v) is 9.49. The van der Waals surface area contributed by atoms with Crippen molar-refractivity contribution < 1.29 is 14.3 Å². The summed E-state index contributed by atoms with van der Waals surface area (Å²) >= 11 is 0. The summed E-state index contributed by atoms with van der Waals surface area (Å²) in [7, 11) is 0. The monoisotopic (exact) mass is 229 g/mol. The van der Waals surface area contributed by atoms with E-state index in [1.807, 2.05) is 5.32 Å². The highest BCUT2D eigenvalue weighted by atomic mass is 16.5. The topological polar surface area (TPSA) is 93.4 Å². The minimum Gasteiger partial charge on any atom is -0.381 e. The number of hydrogen-bond donors (Lipinski definition) is 3. The first kappa shape index (κ1) is 12.9. The maximum atomic E-state index is 11.3. The van der Waals surface area contributed by atoms with Gasteiger partial charge < -0.3 is 15.8 Å². The Hall–Kier alpha value is -1.14. The number of imide groups is 1. The number of urea groups is 1. The van der Waals surface area contributed by atoms with E-state index in [0.29, 0.717) is 5.92 Å². The number of hydrogen-bond acceptors (Lipinski definition) is 4. The quantitative estimate of drug-likeness (QED) is 0.597.